The first kappa shape index (κ1) is 15.6. The molecule has 3 nitrogen and oxygen atoms in total. The predicted molar refractivity (Wildman–Crippen MR) is 83.7 cm³/mol. The van der Waals surface area contributed by atoms with E-state index in [2.05, 4.69) is 6.58 Å². The molecule has 0 N–H and O–H groups in total. The van der Waals surface area contributed by atoms with Crippen molar-refractivity contribution in [3.8, 4) is 0 Å². The zero-order valence-electron chi connectivity index (χ0n) is 11.8. The molecule has 3 heteroatoms. The lowest BCUT2D eigenvalue weighted by molar-refractivity contribution is -0.419. The number of hydrogen-bond donors (Lipinski definition) is 0. The van der Waals surface area contributed by atoms with Crippen molar-refractivity contribution in [1.29, 1.82) is 0 Å². The molecule has 1 unspecified atom stereocenters. The summed E-state index contributed by atoms with van der Waals surface area (Å²) in [6.07, 6.45) is 17.9. The first-order chi connectivity index (χ1) is 9.60. The Morgan fingerprint density at radius 1 is 1.40 bits per heavy atom. The van der Waals surface area contributed by atoms with E-state index in [1.165, 1.54) is 12.2 Å². The summed E-state index contributed by atoms with van der Waals surface area (Å²) in [6.45, 7) is 7.44. The van der Waals surface area contributed by atoms with Crippen molar-refractivity contribution in [3.63, 3.8) is 0 Å². The summed E-state index contributed by atoms with van der Waals surface area (Å²) in [7, 11) is 0. The molecule has 1 atom stereocenters. The molecule has 0 aromatic heterocycles. The molecular weight excluding hydrogens is 250 g/mol. The Hall–Kier alpha value is -2.42. The van der Waals surface area contributed by atoms with E-state index < -0.39 is 0 Å². The van der Waals surface area contributed by atoms with E-state index in [0.29, 0.717) is 5.57 Å². The second kappa shape index (κ2) is 7.89. The maximum atomic E-state index is 11.3. The molecule has 0 aliphatic heterocycles. The Kier molecular flexibility index (Phi) is 6.17. The average molecular weight is 269 g/mol. The summed E-state index contributed by atoms with van der Waals surface area (Å²) in [4.78, 5) is 10.9. The molecule has 1 aliphatic carbocycles. The van der Waals surface area contributed by atoms with Gasteiger partial charge in [0.2, 0.25) is 0 Å². The maximum Gasteiger partial charge on any atom is 0.277 e. The summed E-state index contributed by atoms with van der Waals surface area (Å²) in [5.74, 6) is 0.233. The summed E-state index contributed by atoms with van der Waals surface area (Å²) < 4.78 is 0. The Labute approximate surface area is 119 Å². The Balaban J connectivity index is 3.44. The lowest BCUT2D eigenvalue weighted by Gasteiger charge is -2.06. The fourth-order valence-corrected chi connectivity index (χ4v) is 1.88. The maximum absolute atomic E-state index is 11.3. The zero-order valence-corrected chi connectivity index (χ0v) is 11.8. The van der Waals surface area contributed by atoms with E-state index in [-0.39, 0.29) is 16.5 Å². The van der Waals surface area contributed by atoms with Crippen molar-refractivity contribution in [2.24, 2.45) is 5.92 Å². The van der Waals surface area contributed by atoms with Gasteiger partial charge in [-0.25, -0.2) is 0 Å². The number of nitrogens with zero attached hydrogens (tertiary/aromatic N) is 1. The summed E-state index contributed by atoms with van der Waals surface area (Å²) in [6, 6.07) is 0. The lowest BCUT2D eigenvalue weighted by atomic mass is 9.99. The highest BCUT2D eigenvalue weighted by Gasteiger charge is 2.16. The molecule has 0 saturated heterocycles. The third-order valence-electron chi connectivity index (χ3n) is 2.75. The first-order valence-corrected chi connectivity index (χ1v) is 6.47. The van der Waals surface area contributed by atoms with E-state index in [9.17, 15) is 10.1 Å². The highest BCUT2D eigenvalue weighted by atomic mass is 16.6. The summed E-state index contributed by atoms with van der Waals surface area (Å²) in [5, 5.41) is 11.3. The first-order valence-electron chi connectivity index (χ1n) is 6.47. The molecule has 0 aromatic carbocycles. The summed E-state index contributed by atoms with van der Waals surface area (Å²) in [5.41, 5.74) is 1.51. The monoisotopic (exact) mass is 269 g/mol. The van der Waals surface area contributed by atoms with Gasteiger partial charge in [-0.1, -0.05) is 68.2 Å². The second-order valence-corrected chi connectivity index (χ2v) is 4.38. The number of nitro groups is 1. The van der Waals surface area contributed by atoms with E-state index in [0.717, 1.165) is 5.57 Å². The van der Waals surface area contributed by atoms with Crippen LogP contribution >= 0.6 is 0 Å². The van der Waals surface area contributed by atoms with Gasteiger partial charge in [0.05, 0.1) is 10.5 Å². The van der Waals surface area contributed by atoms with Gasteiger partial charge in [0.25, 0.3) is 5.70 Å². The SMILES string of the molecule is C=C\C=C/C(=C(\C=C/C)C1=CC(C)C=CC=C1)[N+](=O)[O-]. The highest BCUT2D eigenvalue weighted by Crippen LogP contribution is 2.23. The standard InChI is InChI=1S/C17H19NO2/c1-4-6-12-17(18(19)20)16(9-5-2)15-11-8-7-10-14(3)13-15/h4-14H,1H2,2-3H3/b9-5-,12-6-,17-16-. The smallest absolute Gasteiger partial charge is 0.258 e. The van der Waals surface area contributed by atoms with Crippen LogP contribution in [0.2, 0.25) is 0 Å². The van der Waals surface area contributed by atoms with E-state index in [1.807, 2.05) is 44.2 Å². The van der Waals surface area contributed by atoms with Crippen LogP contribution in [-0.4, -0.2) is 4.92 Å². The van der Waals surface area contributed by atoms with Crippen molar-refractivity contribution < 1.29 is 4.92 Å². The van der Waals surface area contributed by atoms with E-state index in [4.69, 9.17) is 0 Å². The van der Waals surface area contributed by atoms with Gasteiger partial charge in [-0.2, -0.15) is 0 Å². The van der Waals surface area contributed by atoms with Crippen molar-refractivity contribution in [3.05, 3.63) is 94.3 Å². The Morgan fingerprint density at radius 2 is 2.15 bits per heavy atom. The topological polar surface area (TPSA) is 43.1 Å². The molecule has 0 saturated carbocycles. The van der Waals surface area contributed by atoms with Gasteiger partial charge in [-0.15, -0.1) is 0 Å². The van der Waals surface area contributed by atoms with Crippen LogP contribution in [0, 0.1) is 16.0 Å². The molecule has 0 radical (unpaired) electrons. The van der Waals surface area contributed by atoms with Crippen molar-refractivity contribution in [1.82, 2.24) is 0 Å². The summed E-state index contributed by atoms with van der Waals surface area (Å²) >= 11 is 0. The minimum atomic E-state index is -0.368. The minimum Gasteiger partial charge on any atom is -0.258 e. The largest absolute Gasteiger partial charge is 0.277 e. The molecule has 0 heterocycles. The molecule has 0 amide bonds. The van der Waals surface area contributed by atoms with Crippen LogP contribution in [0.5, 0.6) is 0 Å². The predicted octanol–water partition coefficient (Wildman–Crippen LogP) is 4.52. The number of rotatable bonds is 5. The zero-order chi connectivity index (χ0) is 15.0. The number of hydrogen-bond acceptors (Lipinski definition) is 2. The molecule has 0 spiro atoms. The Morgan fingerprint density at radius 3 is 2.75 bits per heavy atom. The van der Waals surface area contributed by atoms with Gasteiger partial charge in [-0.3, -0.25) is 10.1 Å². The highest BCUT2D eigenvalue weighted by molar-refractivity contribution is 5.52. The molecule has 1 aliphatic rings. The molecule has 0 fully saturated rings. The van der Waals surface area contributed by atoms with Crippen LogP contribution in [-0.2, 0) is 0 Å². The minimum absolute atomic E-state index is 0.0630. The molecular formula is C17H19NO2. The van der Waals surface area contributed by atoms with Crippen LogP contribution in [0.1, 0.15) is 13.8 Å². The lowest BCUT2D eigenvalue weighted by Crippen LogP contribution is -2.02. The normalized spacial score (nSPS) is 19.9. The second-order valence-electron chi connectivity index (χ2n) is 4.38. The molecule has 1 rings (SSSR count). The third-order valence-corrected chi connectivity index (χ3v) is 2.75. The van der Waals surface area contributed by atoms with Crippen molar-refractivity contribution in [2.45, 2.75) is 13.8 Å². The van der Waals surface area contributed by atoms with E-state index >= 15 is 0 Å². The van der Waals surface area contributed by atoms with Gasteiger partial charge >= 0.3 is 0 Å². The fraction of sp³-hybridized carbons (Fsp3) is 0.176. The van der Waals surface area contributed by atoms with Crippen LogP contribution in [0.25, 0.3) is 0 Å². The molecule has 0 aromatic rings. The van der Waals surface area contributed by atoms with Crippen LogP contribution in [0.3, 0.4) is 0 Å². The molecule has 20 heavy (non-hydrogen) atoms. The average Bonchev–Trinajstić information content (AvgIpc) is 2.62. The van der Waals surface area contributed by atoms with Crippen molar-refractivity contribution in [2.75, 3.05) is 0 Å². The van der Waals surface area contributed by atoms with Gasteiger partial charge < -0.3 is 0 Å². The van der Waals surface area contributed by atoms with Gasteiger partial charge in [0.15, 0.2) is 0 Å². The van der Waals surface area contributed by atoms with E-state index in [1.54, 1.807) is 18.2 Å². The third kappa shape index (κ3) is 4.35. The van der Waals surface area contributed by atoms with Crippen LogP contribution < -0.4 is 0 Å². The number of allylic oxidation sites excluding steroid dienone is 12. The van der Waals surface area contributed by atoms with Crippen molar-refractivity contribution >= 4 is 0 Å². The molecule has 0 bridgehead atoms. The quantitative estimate of drug-likeness (QED) is 0.418. The van der Waals surface area contributed by atoms with Gasteiger partial charge in [0, 0.05) is 6.08 Å². The van der Waals surface area contributed by atoms with Crippen LogP contribution in [0.4, 0.5) is 0 Å². The fourth-order valence-electron chi connectivity index (χ4n) is 1.88. The van der Waals surface area contributed by atoms with Crippen LogP contribution in [0.15, 0.2) is 84.2 Å². The molecule has 104 valence electrons. The van der Waals surface area contributed by atoms with Gasteiger partial charge in [-0.05, 0) is 18.4 Å². The van der Waals surface area contributed by atoms with Gasteiger partial charge in [0.1, 0.15) is 0 Å². The Bertz CT molecular complexity index is 558.